The van der Waals surface area contributed by atoms with Gasteiger partial charge in [0.1, 0.15) is 5.60 Å². The maximum Gasteiger partial charge on any atom is 0.410 e. The van der Waals surface area contributed by atoms with E-state index < -0.39 is 5.60 Å². The van der Waals surface area contributed by atoms with Crippen LogP contribution in [0.4, 0.5) is 4.79 Å². The van der Waals surface area contributed by atoms with Gasteiger partial charge in [-0.15, -0.1) is 0 Å². The Morgan fingerprint density at radius 1 is 1.18 bits per heavy atom. The zero-order chi connectivity index (χ0) is 16.3. The molecule has 2 rings (SSSR count). The summed E-state index contributed by atoms with van der Waals surface area (Å²) in [5, 5.41) is 0. The van der Waals surface area contributed by atoms with Crippen molar-refractivity contribution in [3.05, 3.63) is 0 Å². The van der Waals surface area contributed by atoms with Crippen molar-refractivity contribution in [2.45, 2.75) is 44.9 Å². The third-order valence-corrected chi connectivity index (χ3v) is 4.50. The first-order chi connectivity index (χ1) is 10.3. The lowest BCUT2D eigenvalue weighted by molar-refractivity contribution is 0.0167. The molecular weight excluding hydrogens is 282 g/mol. The molecule has 2 aliphatic rings. The standard InChI is InChI=1S/C16H31N3O3/c1-16(2,3)22-15(20)19-7-6-13(10-19)18-9-8-17(4)14(11-18)12-21-5/h13-14H,6-12H2,1-5H3/t13-,14-/m1/s1. The minimum atomic E-state index is -0.424. The molecule has 6 heteroatoms. The second-order valence-corrected chi connectivity index (χ2v) is 7.45. The molecule has 2 saturated heterocycles. The van der Waals surface area contributed by atoms with Gasteiger partial charge in [-0.3, -0.25) is 9.80 Å². The van der Waals surface area contributed by atoms with E-state index in [9.17, 15) is 4.79 Å². The van der Waals surface area contributed by atoms with Gasteiger partial charge in [-0.2, -0.15) is 0 Å². The summed E-state index contributed by atoms with van der Waals surface area (Å²) in [5.74, 6) is 0. The molecule has 0 aromatic rings. The minimum absolute atomic E-state index is 0.183. The van der Waals surface area contributed by atoms with Crippen LogP contribution >= 0.6 is 0 Å². The van der Waals surface area contributed by atoms with Gasteiger partial charge in [0.05, 0.1) is 6.61 Å². The summed E-state index contributed by atoms with van der Waals surface area (Å²) >= 11 is 0. The zero-order valence-corrected chi connectivity index (χ0v) is 14.7. The molecule has 0 aromatic heterocycles. The van der Waals surface area contributed by atoms with Crippen molar-refractivity contribution >= 4 is 6.09 Å². The number of piperazine rings is 1. The normalized spacial score (nSPS) is 28.1. The number of carbonyl (C=O) groups is 1. The number of carbonyl (C=O) groups excluding carboxylic acids is 1. The maximum atomic E-state index is 12.2. The lowest BCUT2D eigenvalue weighted by atomic mass is 10.1. The van der Waals surface area contributed by atoms with E-state index in [0.717, 1.165) is 45.8 Å². The Kier molecular flexibility index (Phi) is 5.69. The van der Waals surface area contributed by atoms with Crippen LogP contribution in [-0.2, 0) is 9.47 Å². The summed E-state index contributed by atoms with van der Waals surface area (Å²) in [5.41, 5.74) is -0.424. The smallest absolute Gasteiger partial charge is 0.410 e. The van der Waals surface area contributed by atoms with Gasteiger partial charge < -0.3 is 14.4 Å². The average Bonchev–Trinajstić information content (AvgIpc) is 2.89. The molecule has 22 heavy (non-hydrogen) atoms. The van der Waals surface area contributed by atoms with Crippen LogP contribution in [0.25, 0.3) is 0 Å². The monoisotopic (exact) mass is 313 g/mol. The third kappa shape index (κ3) is 4.57. The molecule has 2 atom stereocenters. The maximum absolute atomic E-state index is 12.2. The summed E-state index contributed by atoms with van der Waals surface area (Å²) < 4.78 is 10.8. The molecule has 0 radical (unpaired) electrons. The molecule has 2 aliphatic heterocycles. The van der Waals surface area contributed by atoms with Gasteiger partial charge >= 0.3 is 6.09 Å². The van der Waals surface area contributed by atoms with Gasteiger partial charge in [0.2, 0.25) is 0 Å². The number of hydrogen-bond donors (Lipinski definition) is 0. The third-order valence-electron chi connectivity index (χ3n) is 4.50. The highest BCUT2D eigenvalue weighted by Gasteiger charge is 2.35. The Bertz CT molecular complexity index is 383. The van der Waals surface area contributed by atoms with E-state index in [4.69, 9.17) is 9.47 Å². The first-order valence-electron chi connectivity index (χ1n) is 8.21. The summed E-state index contributed by atoms with van der Waals surface area (Å²) in [6.07, 6.45) is 0.848. The fourth-order valence-corrected chi connectivity index (χ4v) is 3.21. The summed E-state index contributed by atoms with van der Waals surface area (Å²) in [6, 6.07) is 0.884. The van der Waals surface area contributed by atoms with E-state index >= 15 is 0 Å². The number of likely N-dealkylation sites (tertiary alicyclic amines) is 1. The average molecular weight is 313 g/mol. The van der Waals surface area contributed by atoms with Crippen LogP contribution in [0.1, 0.15) is 27.2 Å². The van der Waals surface area contributed by atoms with Crippen LogP contribution < -0.4 is 0 Å². The highest BCUT2D eigenvalue weighted by Crippen LogP contribution is 2.21. The van der Waals surface area contributed by atoms with E-state index in [1.807, 2.05) is 25.7 Å². The van der Waals surface area contributed by atoms with E-state index in [1.54, 1.807) is 7.11 Å². The van der Waals surface area contributed by atoms with Crippen LogP contribution in [0.2, 0.25) is 0 Å². The van der Waals surface area contributed by atoms with Crippen LogP contribution in [0.5, 0.6) is 0 Å². The lowest BCUT2D eigenvalue weighted by Crippen LogP contribution is -2.56. The molecule has 1 amide bonds. The number of ether oxygens (including phenoxy) is 2. The molecular formula is C16H31N3O3. The number of likely N-dealkylation sites (N-methyl/N-ethyl adjacent to an activating group) is 1. The lowest BCUT2D eigenvalue weighted by Gasteiger charge is -2.41. The van der Waals surface area contributed by atoms with Gasteiger partial charge in [0.15, 0.2) is 0 Å². The molecule has 0 spiro atoms. The molecule has 6 nitrogen and oxygen atoms in total. The Morgan fingerprint density at radius 2 is 1.91 bits per heavy atom. The number of rotatable bonds is 3. The van der Waals surface area contributed by atoms with Crippen molar-refractivity contribution in [1.29, 1.82) is 0 Å². The van der Waals surface area contributed by atoms with Crippen molar-refractivity contribution < 1.29 is 14.3 Å². The van der Waals surface area contributed by atoms with E-state index in [-0.39, 0.29) is 6.09 Å². The van der Waals surface area contributed by atoms with Gasteiger partial charge in [0, 0.05) is 51.9 Å². The Balaban J connectivity index is 1.86. The van der Waals surface area contributed by atoms with Gasteiger partial charge in [-0.25, -0.2) is 4.79 Å². The summed E-state index contributed by atoms with van der Waals surface area (Å²) in [4.78, 5) is 18.9. The fourth-order valence-electron chi connectivity index (χ4n) is 3.21. The summed E-state index contributed by atoms with van der Waals surface area (Å²) in [7, 11) is 3.91. The van der Waals surface area contributed by atoms with E-state index in [0.29, 0.717) is 12.1 Å². The Hall–Kier alpha value is -0.850. The SMILES string of the molecule is COC[C@H]1CN([C@@H]2CCN(C(=O)OC(C)(C)C)C2)CCN1C. The topological polar surface area (TPSA) is 45.3 Å². The predicted molar refractivity (Wildman–Crippen MR) is 86.1 cm³/mol. The van der Waals surface area contributed by atoms with E-state index in [1.165, 1.54) is 0 Å². The predicted octanol–water partition coefficient (Wildman–Crippen LogP) is 1.26. The number of nitrogens with zero attached hydrogens (tertiary/aromatic N) is 3. The first-order valence-corrected chi connectivity index (χ1v) is 8.21. The molecule has 2 fully saturated rings. The molecule has 128 valence electrons. The van der Waals surface area contributed by atoms with Crippen molar-refractivity contribution in [3.63, 3.8) is 0 Å². The van der Waals surface area contributed by atoms with Crippen LogP contribution in [0.3, 0.4) is 0 Å². The van der Waals surface area contributed by atoms with Crippen LogP contribution in [-0.4, -0.2) is 92.0 Å². The van der Waals surface area contributed by atoms with Crippen LogP contribution in [0.15, 0.2) is 0 Å². The zero-order valence-electron chi connectivity index (χ0n) is 14.7. The van der Waals surface area contributed by atoms with Gasteiger partial charge in [0.25, 0.3) is 0 Å². The molecule has 0 aromatic carbocycles. The highest BCUT2D eigenvalue weighted by molar-refractivity contribution is 5.68. The van der Waals surface area contributed by atoms with Crippen molar-refractivity contribution in [1.82, 2.24) is 14.7 Å². The number of amides is 1. The number of hydrogen-bond acceptors (Lipinski definition) is 5. The second-order valence-electron chi connectivity index (χ2n) is 7.45. The Morgan fingerprint density at radius 3 is 2.55 bits per heavy atom. The largest absolute Gasteiger partial charge is 0.444 e. The molecule has 0 N–H and O–H groups in total. The second kappa shape index (κ2) is 7.15. The van der Waals surface area contributed by atoms with Crippen LogP contribution in [0, 0.1) is 0 Å². The first kappa shape index (κ1) is 17.5. The van der Waals surface area contributed by atoms with Gasteiger partial charge in [-0.1, -0.05) is 0 Å². The van der Waals surface area contributed by atoms with Gasteiger partial charge in [-0.05, 0) is 34.2 Å². The number of methoxy groups -OCH3 is 1. The van der Waals surface area contributed by atoms with Crippen molar-refractivity contribution in [2.24, 2.45) is 0 Å². The molecule has 0 unspecified atom stereocenters. The molecule has 0 bridgehead atoms. The molecule has 0 aliphatic carbocycles. The van der Waals surface area contributed by atoms with Crippen molar-refractivity contribution in [3.8, 4) is 0 Å². The minimum Gasteiger partial charge on any atom is -0.444 e. The Labute approximate surface area is 134 Å². The van der Waals surface area contributed by atoms with Crippen molar-refractivity contribution in [2.75, 3.05) is 53.5 Å². The highest BCUT2D eigenvalue weighted by atomic mass is 16.6. The molecule has 2 heterocycles. The quantitative estimate of drug-likeness (QED) is 0.785. The summed E-state index contributed by atoms with van der Waals surface area (Å²) in [6.45, 7) is 11.2. The molecule has 0 saturated carbocycles. The van der Waals surface area contributed by atoms with E-state index in [2.05, 4.69) is 16.8 Å². The fraction of sp³-hybridized carbons (Fsp3) is 0.938.